The van der Waals surface area contributed by atoms with E-state index >= 15 is 0 Å². The lowest BCUT2D eigenvalue weighted by Crippen LogP contribution is -2.15. The second-order valence-corrected chi connectivity index (χ2v) is 9.64. The van der Waals surface area contributed by atoms with E-state index in [1.165, 1.54) is 23.5 Å². The van der Waals surface area contributed by atoms with E-state index in [2.05, 4.69) is 15.0 Å². The van der Waals surface area contributed by atoms with Crippen LogP contribution >= 0.6 is 11.3 Å². The van der Waals surface area contributed by atoms with E-state index in [0.29, 0.717) is 10.8 Å². The molecule has 1 aromatic heterocycles. The number of thiazole rings is 1. The van der Waals surface area contributed by atoms with Gasteiger partial charge in [0.05, 0.1) is 21.5 Å². The summed E-state index contributed by atoms with van der Waals surface area (Å²) < 4.78 is 41.2. The molecule has 2 N–H and O–H groups in total. The Kier molecular flexibility index (Phi) is 5.71. The summed E-state index contributed by atoms with van der Waals surface area (Å²) in [7, 11) is -3.83. The predicted molar refractivity (Wildman–Crippen MR) is 120 cm³/mol. The van der Waals surface area contributed by atoms with Gasteiger partial charge in [-0.25, -0.2) is 17.8 Å². The maximum Gasteiger partial charge on any atom is 0.261 e. The molecule has 0 aliphatic rings. The second kappa shape index (κ2) is 8.44. The summed E-state index contributed by atoms with van der Waals surface area (Å²) in [6.45, 7) is 1.97. The van der Waals surface area contributed by atoms with Crippen LogP contribution < -0.4 is 10.0 Å². The van der Waals surface area contributed by atoms with Crippen molar-refractivity contribution in [3.8, 4) is 0 Å². The third kappa shape index (κ3) is 4.89. The van der Waals surface area contributed by atoms with Crippen molar-refractivity contribution in [1.82, 2.24) is 4.98 Å². The van der Waals surface area contributed by atoms with Gasteiger partial charge in [0.25, 0.3) is 10.0 Å². The van der Waals surface area contributed by atoms with E-state index in [1.807, 2.05) is 25.1 Å². The number of aryl methyl sites for hydroxylation is 1. The molecule has 0 aliphatic carbocycles. The third-order valence-electron chi connectivity index (χ3n) is 4.56. The number of fused-ring (bicyclic) bond motifs is 1. The minimum Gasteiger partial charge on any atom is -0.302 e. The Morgan fingerprint density at radius 3 is 2.42 bits per heavy atom. The molecule has 0 saturated carbocycles. The van der Waals surface area contributed by atoms with Gasteiger partial charge in [-0.1, -0.05) is 35.6 Å². The van der Waals surface area contributed by atoms with Crippen molar-refractivity contribution in [3.05, 3.63) is 83.7 Å². The molecule has 4 aromatic rings. The van der Waals surface area contributed by atoms with Gasteiger partial charge in [-0.05, 0) is 60.5 Å². The van der Waals surface area contributed by atoms with E-state index in [1.54, 1.807) is 24.3 Å². The van der Waals surface area contributed by atoms with Crippen LogP contribution in [0.4, 0.5) is 15.2 Å². The minimum absolute atomic E-state index is 0.0385. The van der Waals surface area contributed by atoms with Gasteiger partial charge in [-0.2, -0.15) is 0 Å². The Bertz CT molecular complexity index is 1350. The quantitative estimate of drug-likeness (QED) is 0.440. The highest BCUT2D eigenvalue weighted by Crippen LogP contribution is 2.28. The monoisotopic (exact) mass is 455 g/mol. The molecule has 158 valence electrons. The molecule has 1 amide bonds. The minimum atomic E-state index is -3.83. The number of sulfonamides is 1. The number of carbonyl (C=O) groups is 1. The lowest BCUT2D eigenvalue weighted by Gasteiger charge is -2.09. The number of benzene rings is 3. The lowest BCUT2D eigenvalue weighted by atomic mass is 10.1. The first-order chi connectivity index (χ1) is 14.8. The summed E-state index contributed by atoms with van der Waals surface area (Å²) in [6.07, 6.45) is 0.125. The molecule has 31 heavy (non-hydrogen) atoms. The number of para-hydroxylation sites is 1. The number of rotatable bonds is 6. The Labute approximate surface area is 182 Å². The molecule has 0 unspecified atom stereocenters. The Morgan fingerprint density at radius 2 is 1.74 bits per heavy atom. The van der Waals surface area contributed by atoms with Crippen LogP contribution in [0, 0.1) is 12.7 Å². The van der Waals surface area contributed by atoms with Crippen LogP contribution in [0.25, 0.3) is 10.2 Å². The van der Waals surface area contributed by atoms with Gasteiger partial charge in [0, 0.05) is 5.69 Å². The van der Waals surface area contributed by atoms with Gasteiger partial charge in [0.1, 0.15) is 5.82 Å². The first kappa shape index (κ1) is 21.0. The summed E-state index contributed by atoms with van der Waals surface area (Å²) in [6, 6.07) is 16.9. The molecular formula is C22H18FN3O3S2. The summed E-state index contributed by atoms with van der Waals surface area (Å²) in [5.41, 5.74) is 2.99. The van der Waals surface area contributed by atoms with E-state index in [-0.39, 0.29) is 17.2 Å². The zero-order valence-corrected chi connectivity index (χ0v) is 18.1. The largest absolute Gasteiger partial charge is 0.302 e. The van der Waals surface area contributed by atoms with E-state index in [4.69, 9.17) is 0 Å². The van der Waals surface area contributed by atoms with Gasteiger partial charge in [0.15, 0.2) is 5.13 Å². The van der Waals surface area contributed by atoms with Gasteiger partial charge in [-0.3, -0.25) is 9.52 Å². The third-order valence-corrected chi connectivity index (χ3v) is 6.90. The molecule has 9 heteroatoms. The number of anilines is 2. The number of hydrogen-bond donors (Lipinski definition) is 2. The van der Waals surface area contributed by atoms with Crippen molar-refractivity contribution >= 4 is 48.3 Å². The van der Waals surface area contributed by atoms with Crippen LogP contribution in [-0.2, 0) is 21.2 Å². The van der Waals surface area contributed by atoms with Crippen LogP contribution in [0.3, 0.4) is 0 Å². The van der Waals surface area contributed by atoms with Crippen molar-refractivity contribution in [1.29, 1.82) is 0 Å². The van der Waals surface area contributed by atoms with Gasteiger partial charge < -0.3 is 5.32 Å². The lowest BCUT2D eigenvalue weighted by molar-refractivity contribution is -0.115. The van der Waals surface area contributed by atoms with E-state index < -0.39 is 15.8 Å². The van der Waals surface area contributed by atoms with Crippen LogP contribution in [-0.4, -0.2) is 19.3 Å². The second-order valence-electron chi connectivity index (χ2n) is 6.92. The number of aromatic nitrogens is 1. The smallest absolute Gasteiger partial charge is 0.261 e. The number of hydrogen-bond acceptors (Lipinski definition) is 5. The Morgan fingerprint density at radius 1 is 1.03 bits per heavy atom. The molecular weight excluding hydrogens is 437 g/mol. The standard InChI is InChI=1S/C22H18FN3O3S2/c1-14-3-2-4-19-21(14)25-22(30-19)24-20(27)13-15-5-9-17(10-6-15)26-31(28,29)18-11-7-16(23)8-12-18/h2-12,26H,13H2,1H3,(H,24,25,27). The van der Waals surface area contributed by atoms with Crippen molar-refractivity contribution < 1.29 is 17.6 Å². The maximum atomic E-state index is 13.0. The molecule has 0 bridgehead atoms. The van der Waals surface area contributed by atoms with Crippen molar-refractivity contribution in [3.63, 3.8) is 0 Å². The fourth-order valence-electron chi connectivity index (χ4n) is 3.01. The summed E-state index contributed by atoms with van der Waals surface area (Å²) in [4.78, 5) is 16.8. The first-order valence-corrected chi connectivity index (χ1v) is 11.6. The van der Waals surface area contributed by atoms with Gasteiger partial charge in [0.2, 0.25) is 5.91 Å². The molecule has 0 atom stereocenters. The maximum absolute atomic E-state index is 13.0. The summed E-state index contributed by atoms with van der Waals surface area (Å²) in [5.74, 6) is -0.723. The SMILES string of the molecule is Cc1cccc2sc(NC(=O)Cc3ccc(NS(=O)(=O)c4ccc(F)cc4)cc3)nc12. The van der Waals surface area contributed by atoms with Crippen molar-refractivity contribution in [2.75, 3.05) is 10.0 Å². The molecule has 3 aromatic carbocycles. The number of nitrogens with zero attached hydrogens (tertiary/aromatic N) is 1. The highest BCUT2D eigenvalue weighted by atomic mass is 32.2. The number of nitrogens with one attached hydrogen (secondary N) is 2. The van der Waals surface area contributed by atoms with Crippen molar-refractivity contribution in [2.24, 2.45) is 0 Å². The molecule has 1 heterocycles. The summed E-state index contributed by atoms with van der Waals surface area (Å²) >= 11 is 1.41. The molecule has 0 aliphatic heterocycles. The molecule has 0 spiro atoms. The van der Waals surface area contributed by atoms with E-state index in [9.17, 15) is 17.6 Å². The predicted octanol–water partition coefficient (Wildman–Crippen LogP) is 4.73. The van der Waals surface area contributed by atoms with Crippen LogP contribution in [0.2, 0.25) is 0 Å². The normalized spacial score (nSPS) is 11.4. The number of carbonyl (C=O) groups excluding carboxylic acids is 1. The zero-order valence-electron chi connectivity index (χ0n) is 16.4. The highest BCUT2D eigenvalue weighted by Gasteiger charge is 2.14. The summed E-state index contributed by atoms with van der Waals surface area (Å²) in [5, 5.41) is 3.35. The molecule has 6 nitrogen and oxygen atoms in total. The van der Waals surface area contributed by atoms with Crippen LogP contribution in [0.1, 0.15) is 11.1 Å². The average molecular weight is 456 g/mol. The fraction of sp³-hybridized carbons (Fsp3) is 0.0909. The van der Waals surface area contributed by atoms with Crippen LogP contribution in [0.5, 0.6) is 0 Å². The zero-order chi connectivity index (χ0) is 22.0. The molecule has 0 radical (unpaired) electrons. The number of halogens is 1. The first-order valence-electron chi connectivity index (χ1n) is 9.33. The average Bonchev–Trinajstić information content (AvgIpc) is 3.13. The topological polar surface area (TPSA) is 88.2 Å². The van der Waals surface area contributed by atoms with Crippen molar-refractivity contribution in [2.45, 2.75) is 18.2 Å². The fourth-order valence-corrected chi connectivity index (χ4v) is 5.03. The highest BCUT2D eigenvalue weighted by molar-refractivity contribution is 7.92. The molecule has 0 saturated heterocycles. The van der Waals surface area contributed by atoms with Crippen LogP contribution in [0.15, 0.2) is 71.6 Å². The van der Waals surface area contributed by atoms with Gasteiger partial charge in [-0.15, -0.1) is 0 Å². The number of amides is 1. The van der Waals surface area contributed by atoms with Gasteiger partial charge >= 0.3 is 0 Å². The Balaban J connectivity index is 1.40. The Hall–Kier alpha value is -3.30. The van der Waals surface area contributed by atoms with E-state index in [0.717, 1.165) is 33.5 Å². The molecule has 4 rings (SSSR count). The molecule has 0 fully saturated rings.